The van der Waals surface area contributed by atoms with Crippen molar-refractivity contribution in [1.82, 2.24) is 0 Å². The van der Waals surface area contributed by atoms with Crippen molar-refractivity contribution >= 4 is 5.78 Å². The van der Waals surface area contributed by atoms with Gasteiger partial charge in [0.25, 0.3) is 0 Å². The first-order valence-electron chi connectivity index (χ1n) is 17.9. The standard InChI is InChI=1S/C41H56O5/c1-34-30-40(46-33-36-24-16-13-17-25-36)37(31-39(34)45-32-35-22-14-12-15-23-35)38(42)26-18-10-8-6-4-2-3-5-7-9-11-20-28-43-41-27-19-21-29-44-41/h12-17,22-25,30-31,41H,2-11,18-21,26-29,32-33H2,1H3. The van der Waals surface area contributed by atoms with Crippen LogP contribution in [0.1, 0.15) is 130 Å². The molecule has 1 aliphatic heterocycles. The first kappa shape index (κ1) is 35.7. The molecule has 3 aromatic rings. The van der Waals surface area contributed by atoms with Crippen molar-refractivity contribution in [2.45, 2.75) is 129 Å². The number of hydrogen-bond donors (Lipinski definition) is 0. The van der Waals surface area contributed by atoms with Crippen molar-refractivity contribution in [1.29, 1.82) is 0 Å². The summed E-state index contributed by atoms with van der Waals surface area (Å²) in [6.07, 6.45) is 18.8. The monoisotopic (exact) mass is 628 g/mol. The van der Waals surface area contributed by atoms with Crippen molar-refractivity contribution in [3.05, 3.63) is 95.1 Å². The number of carbonyl (C=O) groups is 1. The van der Waals surface area contributed by atoms with Crippen LogP contribution < -0.4 is 9.47 Å². The molecule has 0 aliphatic carbocycles. The van der Waals surface area contributed by atoms with E-state index in [2.05, 4.69) is 0 Å². The van der Waals surface area contributed by atoms with Crippen LogP contribution in [0.5, 0.6) is 11.5 Å². The van der Waals surface area contributed by atoms with Gasteiger partial charge in [-0.2, -0.15) is 0 Å². The van der Waals surface area contributed by atoms with Gasteiger partial charge in [0.05, 0.1) is 5.56 Å². The number of carbonyl (C=O) groups excluding carboxylic acids is 1. The fourth-order valence-corrected chi connectivity index (χ4v) is 5.97. The summed E-state index contributed by atoms with van der Waals surface area (Å²) < 4.78 is 23.8. The molecule has 0 radical (unpaired) electrons. The Hall–Kier alpha value is -3.15. The Morgan fingerprint density at radius 1 is 0.674 bits per heavy atom. The lowest BCUT2D eigenvalue weighted by atomic mass is 10.00. The van der Waals surface area contributed by atoms with E-state index in [4.69, 9.17) is 18.9 Å². The van der Waals surface area contributed by atoms with Gasteiger partial charge < -0.3 is 18.9 Å². The highest BCUT2D eigenvalue weighted by molar-refractivity contribution is 5.99. The summed E-state index contributed by atoms with van der Waals surface area (Å²) in [6, 6.07) is 24.0. The molecule has 5 nitrogen and oxygen atoms in total. The SMILES string of the molecule is Cc1cc(OCc2ccccc2)c(C(=O)CCCCCCCCCCCCCCOC2CCCCO2)cc1OCc1ccccc1. The van der Waals surface area contributed by atoms with E-state index in [0.29, 0.717) is 30.9 Å². The topological polar surface area (TPSA) is 54.0 Å². The quantitative estimate of drug-likeness (QED) is 0.0772. The number of benzene rings is 3. The predicted octanol–water partition coefficient (Wildman–Crippen LogP) is 11.0. The average Bonchev–Trinajstić information content (AvgIpc) is 3.09. The van der Waals surface area contributed by atoms with Crippen LogP contribution in [0.15, 0.2) is 72.8 Å². The van der Waals surface area contributed by atoms with E-state index < -0.39 is 0 Å². The minimum Gasteiger partial charge on any atom is -0.489 e. The Balaban J connectivity index is 1.10. The van der Waals surface area contributed by atoms with E-state index in [9.17, 15) is 4.79 Å². The average molecular weight is 629 g/mol. The molecule has 1 unspecified atom stereocenters. The molecule has 1 atom stereocenters. The Morgan fingerprint density at radius 3 is 1.78 bits per heavy atom. The molecule has 1 heterocycles. The summed E-state index contributed by atoms with van der Waals surface area (Å²) >= 11 is 0. The molecule has 0 saturated carbocycles. The van der Waals surface area contributed by atoms with E-state index in [-0.39, 0.29) is 12.1 Å². The van der Waals surface area contributed by atoms with Gasteiger partial charge in [-0.3, -0.25) is 4.79 Å². The second-order valence-corrected chi connectivity index (χ2v) is 12.7. The van der Waals surface area contributed by atoms with Gasteiger partial charge in [0, 0.05) is 19.6 Å². The highest BCUT2D eigenvalue weighted by atomic mass is 16.7. The molecule has 5 heteroatoms. The summed E-state index contributed by atoms with van der Waals surface area (Å²) in [5, 5.41) is 0. The molecule has 46 heavy (non-hydrogen) atoms. The first-order chi connectivity index (χ1) is 22.7. The van der Waals surface area contributed by atoms with Crippen LogP contribution in [0, 0.1) is 6.92 Å². The first-order valence-corrected chi connectivity index (χ1v) is 17.9. The molecule has 4 rings (SSSR count). The summed E-state index contributed by atoms with van der Waals surface area (Å²) in [5.41, 5.74) is 3.76. The predicted molar refractivity (Wildman–Crippen MR) is 187 cm³/mol. The number of hydrogen-bond acceptors (Lipinski definition) is 5. The molecule has 0 amide bonds. The lowest BCUT2D eigenvalue weighted by Crippen LogP contribution is -2.22. The number of rotatable bonds is 23. The van der Waals surface area contributed by atoms with Crippen molar-refractivity contribution in [2.75, 3.05) is 13.2 Å². The van der Waals surface area contributed by atoms with Gasteiger partial charge in [0.1, 0.15) is 24.7 Å². The van der Waals surface area contributed by atoms with Crippen LogP contribution in [0.4, 0.5) is 0 Å². The molecule has 0 aromatic heterocycles. The van der Waals surface area contributed by atoms with Crippen LogP contribution in [0.25, 0.3) is 0 Å². The van der Waals surface area contributed by atoms with Gasteiger partial charge in [0.15, 0.2) is 12.1 Å². The summed E-state index contributed by atoms with van der Waals surface area (Å²) in [5.74, 6) is 1.50. The lowest BCUT2D eigenvalue weighted by molar-refractivity contribution is -0.162. The lowest BCUT2D eigenvalue weighted by Gasteiger charge is -2.22. The van der Waals surface area contributed by atoms with E-state index in [1.54, 1.807) is 0 Å². The van der Waals surface area contributed by atoms with Gasteiger partial charge in [-0.05, 0) is 67.9 Å². The maximum atomic E-state index is 13.5. The molecular formula is C41H56O5. The number of ketones is 1. The maximum Gasteiger partial charge on any atom is 0.166 e. The second-order valence-electron chi connectivity index (χ2n) is 12.7. The number of aryl methyl sites for hydroxylation is 1. The second kappa shape index (κ2) is 21.6. The van der Waals surface area contributed by atoms with Gasteiger partial charge in [-0.1, -0.05) is 125 Å². The zero-order chi connectivity index (χ0) is 32.1. The third-order valence-electron chi connectivity index (χ3n) is 8.79. The highest BCUT2D eigenvalue weighted by Crippen LogP contribution is 2.31. The molecule has 0 N–H and O–H groups in total. The molecule has 1 saturated heterocycles. The third-order valence-corrected chi connectivity index (χ3v) is 8.79. The van der Waals surface area contributed by atoms with Crippen LogP contribution in [0.3, 0.4) is 0 Å². The summed E-state index contributed by atoms with van der Waals surface area (Å²) in [6.45, 7) is 4.60. The summed E-state index contributed by atoms with van der Waals surface area (Å²) in [7, 11) is 0. The summed E-state index contributed by atoms with van der Waals surface area (Å²) in [4.78, 5) is 13.5. The van der Waals surface area contributed by atoms with Crippen molar-refractivity contribution in [3.63, 3.8) is 0 Å². The normalized spacial score (nSPS) is 14.7. The molecule has 250 valence electrons. The minimum absolute atomic E-state index is 0.0544. The highest BCUT2D eigenvalue weighted by Gasteiger charge is 2.17. The van der Waals surface area contributed by atoms with Crippen LogP contribution in [-0.4, -0.2) is 25.3 Å². The zero-order valence-corrected chi connectivity index (χ0v) is 28.2. The Bertz CT molecular complexity index is 1240. The van der Waals surface area contributed by atoms with Crippen molar-refractivity contribution in [3.8, 4) is 11.5 Å². The Labute approximate surface area is 278 Å². The van der Waals surface area contributed by atoms with Crippen LogP contribution >= 0.6 is 0 Å². The van der Waals surface area contributed by atoms with Gasteiger partial charge in [-0.25, -0.2) is 0 Å². The van der Waals surface area contributed by atoms with Crippen molar-refractivity contribution in [2.24, 2.45) is 0 Å². The number of ether oxygens (including phenoxy) is 4. The van der Waals surface area contributed by atoms with Gasteiger partial charge in [0.2, 0.25) is 0 Å². The van der Waals surface area contributed by atoms with Crippen molar-refractivity contribution < 1.29 is 23.7 Å². The number of Topliss-reactive ketones (excluding diaryl/α,β-unsaturated/α-hetero) is 1. The van der Waals surface area contributed by atoms with Crippen LogP contribution in [0.2, 0.25) is 0 Å². The van der Waals surface area contributed by atoms with E-state index in [1.807, 2.05) is 79.7 Å². The molecule has 1 aliphatic rings. The van der Waals surface area contributed by atoms with E-state index >= 15 is 0 Å². The fraction of sp³-hybridized carbons (Fsp3) is 0.537. The molecule has 3 aromatic carbocycles. The molecular weight excluding hydrogens is 572 g/mol. The molecule has 0 bridgehead atoms. The number of unbranched alkanes of at least 4 members (excludes halogenated alkanes) is 11. The van der Waals surface area contributed by atoms with Gasteiger partial charge in [-0.15, -0.1) is 0 Å². The molecule has 1 fully saturated rings. The zero-order valence-electron chi connectivity index (χ0n) is 28.2. The third kappa shape index (κ3) is 13.7. The molecule has 0 spiro atoms. The maximum absolute atomic E-state index is 13.5. The fourth-order valence-electron chi connectivity index (χ4n) is 5.97. The van der Waals surface area contributed by atoms with Crippen LogP contribution in [-0.2, 0) is 22.7 Å². The Kier molecular flexibility index (Phi) is 16.8. The minimum atomic E-state index is 0.0544. The van der Waals surface area contributed by atoms with E-state index in [0.717, 1.165) is 61.3 Å². The largest absolute Gasteiger partial charge is 0.489 e. The smallest absolute Gasteiger partial charge is 0.166 e. The Morgan fingerprint density at radius 2 is 1.22 bits per heavy atom. The van der Waals surface area contributed by atoms with Gasteiger partial charge >= 0.3 is 0 Å². The van der Waals surface area contributed by atoms with E-state index in [1.165, 1.54) is 70.6 Å².